The van der Waals surface area contributed by atoms with Crippen molar-refractivity contribution in [2.45, 2.75) is 26.8 Å². The second-order valence-corrected chi connectivity index (χ2v) is 4.49. The molecule has 0 aliphatic carbocycles. The topological polar surface area (TPSA) is 3.24 Å². The predicted molar refractivity (Wildman–Crippen MR) is 67.3 cm³/mol. The van der Waals surface area contributed by atoms with Crippen molar-refractivity contribution in [1.29, 1.82) is 0 Å². The van der Waals surface area contributed by atoms with Gasteiger partial charge in [-0.05, 0) is 55.5 Å². The number of halogens is 1. The fraction of sp³-hybridized carbons (Fsp3) is 0.455. The van der Waals surface area contributed by atoms with E-state index < -0.39 is 0 Å². The fourth-order valence-electron chi connectivity index (χ4n) is 1.50. The molecular formula is C11H16IN. The Morgan fingerprint density at radius 1 is 1.31 bits per heavy atom. The molecule has 0 unspecified atom stereocenters. The van der Waals surface area contributed by atoms with Crippen molar-refractivity contribution in [1.82, 2.24) is 0 Å². The molecule has 0 fully saturated rings. The van der Waals surface area contributed by atoms with Crippen molar-refractivity contribution in [3.8, 4) is 0 Å². The zero-order chi connectivity index (χ0) is 9.84. The fourth-order valence-corrected chi connectivity index (χ4v) is 2.20. The summed E-state index contributed by atoms with van der Waals surface area (Å²) in [7, 11) is 0. The van der Waals surface area contributed by atoms with Crippen molar-refractivity contribution in [3.05, 3.63) is 27.8 Å². The van der Waals surface area contributed by atoms with E-state index in [9.17, 15) is 0 Å². The lowest BCUT2D eigenvalue weighted by Gasteiger charge is -2.28. The minimum absolute atomic E-state index is 0.570. The van der Waals surface area contributed by atoms with Gasteiger partial charge in [-0.1, -0.05) is 12.1 Å². The van der Waals surface area contributed by atoms with Crippen LogP contribution in [0.15, 0.2) is 24.3 Å². The van der Waals surface area contributed by atoms with Gasteiger partial charge in [-0.15, -0.1) is 0 Å². The molecule has 1 nitrogen and oxygen atoms in total. The second-order valence-electron chi connectivity index (χ2n) is 3.33. The van der Waals surface area contributed by atoms with E-state index in [0.29, 0.717) is 6.04 Å². The molecule has 72 valence electrons. The van der Waals surface area contributed by atoms with E-state index in [2.05, 4.69) is 72.5 Å². The quantitative estimate of drug-likeness (QED) is 0.769. The first-order valence-corrected chi connectivity index (χ1v) is 5.75. The molecule has 0 radical (unpaired) electrons. The van der Waals surface area contributed by atoms with Crippen LogP contribution in [0.1, 0.15) is 20.8 Å². The van der Waals surface area contributed by atoms with Crippen LogP contribution in [-0.2, 0) is 0 Å². The van der Waals surface area contributed by atoms with Gasteiger partial charge in [0.2, 0.25) is 0 Å². The monoisotopic (exact) mass is 289 g/mol. The number of rotatable bonds is 3. The first-order chi connectivity index (χ1) is 6.16. The Morgan fingerprint density at radius 3 is 2.38 bits per heavy atom. The smallest absolute Gasteiger partial charge is 0.0504 e. The van der Waals surface area contributed by atoms with E-state index >= 15 is 0 Å². The Balaban J connectivity index is 2.97. The van der Waals surface area contributed by atoms with Crippen LogP contribution in [0.5, 0.6) is 0 Å². The number of hydrogen-bond donors (Lipinski definition) is 0. The highest BCUT2D eigenvalue weighted by Gasteiger charge is 2.09. The van der Waals surface area contributed by atoms with E-state index in [4.69, 9.17) is 0 Å². The molecule has 0 atom stereocenters. The van der Waals surface area contributed by atoms with Gasteiger partial charge in [0, 0.05) is 16.2 Å². The summed E-state index contributed by atoms with van der Waals surface area (Å²) in [6.07, 6.45) is 0. The van der Waals surface area contributed by atoms with Crippen LogP contribution in [0.3, 0.4) is 0 Å². The highest BCUT2D eigenvalue weighted by atomic mass is 127. The molecule has 0 aliphatic heterocycles. The number of benzene rings is 1. The Kier molecular flexibility index (Phi) is 4.03. The summed E-state index contributed by atoms with van der Waals surface area (Å²) in [6, 6.07) is 9.09. The molecule has 1 aromatic rings. The first kappa shape index (κ1) is 10.8. The Morgan fingerprint density at radius 2 is 1.92 bits per heavy atom. The van der Waals surface area contributed by atoms with Crippen LogP contribution < -0.4 is 4.90 Å². The van der Waals surface area contributed by atoms with Gasteiger partial charge < -0.3 is 4.90 Å². The van der Waals surface area contributed by atoms with Crippen molar-refractivity contribution in [3.63, 3.8) is 0 Å². The highest BCUT2D eigenvalue weighted by Crippen LogP contribution is 2.23. The average Bonchev–Trinajstić information content (AvgIpc) is 2.09. The first-order valence-electron chi connectivity index (χ1n) is 4.68. The number of anilines is 1. The van der Waals surface area contributed by atoms with Gasteiger partial charge in [0.1, 0.15) is 0 Å². The normalized spacial score (nSPS) is 10.5. The Bertz CT molecular complexity index is 271. The van der Waals surface area contributed by atoms with Gasteiger partial charge in [-0.25, -0.2) is 0 Å². The molecule has 0 amide bonds. The largest absolute Gasteiger partial charge is 0.369 e. The lowest BCUT2D eigenvalue weighted by Crippen LogP contribution is -2.30. The third-order valence-corrected chi connectivity index (χ3v) is 3.04. The Hall–Kier alpha value is -0.250. The summed E-state index contributed by atoms with van der Waals surface area (Å²) >= 11 is 2.39. The van der Waals surface area contributed by atoms with E-state index in [1.165, 1.54) is 9.26 Å². The molecule has 0 heterocycles. The molecule has 2 heteroatoms. The van der Waals surface area contributed by atoms with Crippen LogP contribution in [0.25, 0.3) is 0 Å². The SMILES string of the molecule is CCN(c1ccccc1I)C(C)C. The van der Waals surface area contributed by atoms with E-state index in [1.54, 1.807) is 0 Å². The van der Waals surface area contributed by atoms with Crippen LogP contribution in [0, 0.1) is 3.57 Å². The van der Waals surface area contributed by atoms with Crippen molar-refractivity contribution in [2.75, 3.05) is 11.4 Å². The van der Waals surface area contributed by atoms with Gasteiger partial charge in [0.05, 0.1) is 5.69 Å². The number of hydrogen-bond acceptors (Lipinski definition) is 1. The summed E-state index contributed by atoms with van der Waals surface area (Å²) in [4.78, 5) is 2.40. The van der Waals surface area contributed by atoms with Crippen molar-refractivity contribution < 1.29 is 0 Å². The number of nitrogens with zero attached hydrogens (tertiary/aromatic N) is 1. The molecule has 0 N–H and O–H groups in total. The van der Waals surface area contributed by atoms with Gasteiger partial charge in [0.25, 0.3) is 0 Å². The molecule has 0 spiro atoms. The standard InChI is InChI=1S/C11H16IN/c1-4-13(9(2)3)11-8-6-5-7-10(11)12/h5-9H,4H2,1-3H3. The van der Waals surface area contributed by atoms with E-state index in [0.717, 1.165) is 6.54 Å². The zero-order valence-electron chi connectivity index (χ0n) is 8.42. The van der Waals surface area contributed by atoms with Crippen molar-refractivity contribution in [2.24, 2.45) is 0 Å². The zero-order valence-corrected chi connectivity index (χ0v) is 10.6. The molecular weight excluding hydrogens is 273 g/mol. The second kappa shape index (κ2) is 4.84. The molecule has 0 saturated carbocycles. The van der Waals surface area contributed by atoms with Crippen molar-refractivity contribution >= 4 is 28.3 Å². The molecule has 0 aliphatic rings. The lowest BCUT2D eigenvalue weighted by molar-refractivity contribution is 0.702. The van der Waals surface area contributed by atoms with Crippen LogP contribution >= 0.6 is 22.6 Å². The summed E-state index contributed by atoms with van der Waals surface area (Å²) in [6.45, 7) is 7.72. The van der Waals surface area contributed by atoms with Crippen LogP contribution in [-0.4, -0.2) is 12.6 Å². The van der Waals surface area contributed by atoms with E-state index in [-0.39, 0.29) is 0 Å². The highest BCUT2D eigenvalue weighted by molar-refractivity contribution is 14.1. The van der Waals surface area contributed by atoms with Gasteiger partial charge in [-0.3, -0.25) is 0 Å². The van der Waals surface area contributed by atoms with Gasteiger partial charge >= 0.3 is 0 Å². The maximum absolute atomic E-state index is 2.40. The minimum atomic E-state index is 0.570. The third kappa shape index (κ3) is 2.59. The molecule has 0 bridgehead atoms. The molecule has 1 aromatic carbocycles. The van der Waals surface area contributed by atoms with Crippen LogP contribution in [0.2, 0.25) is 0 Å². The summed E-state index contributed by atoms with van der Waals surface area (Å²) < 4.78 is 1.33. The maximum atomic E-state index is 2.40. The average molecular weight is 289 g/mol. The minimum Gasteiger partial charge on any atom is -0.369 e. The maximum Gasteiger partial charge on any atom is 0.0504 e. The third-order valence-electron chi connectivity index (χ3n) is 2.13. The Labute approximate surface area is 94.3 Å². The number of para-hydroxylation sites is 1. The molecule has 0 saturated heterocycles. The summed E-state index contributed by atoms with van der Waals surface area (Å²) in [5, 5.41) is 0. The van der Waals surface area contributed by atoms with Crippen LogP contribution in [0.4, 0.5) is 5.69 Å². The van der Waals surface area contributed by atoms with E-state index in [1.807, 2.05) is 0 Å². The predicted octanol–water partition coefficient (Wildman–Crippen LogP) is 3.53. The summed E-state index contributed by atoms with van der Waals surface area (Å²) in [5.74, 6) is 0. The lowest BCUT2D eigenvalue weighted by atomic mass is 10.2. The summed E-state index contributed by atoms with van der Waals surface area (Å²) in [5.41, 5.74) is 1.35. The van der Waals surface area contributed by atoms with Gasteiger partial charge in [-0.2, -0.15) is 0 Å². The molecule has 1 rings (SSSR count). The van der Waals surface area contributed by atoms with Gasteiger partial charge in [0.15, 0.2) is 0 Å². The molecule has 13 heavy (non-hydrogen) atoms. The molecule has 0 aromatic heterocycles.